The predicted molar refractivity (Wildman–Crippen MR) is 97.8 cm³/mol. The van der Waals surface area contributed by atoms with Crippen molar-refractivity contribution in [1.29, 1.82) is 0 Å². The highest BCUT2D eigenvalue weighted by atomic mass is 19.1. The summed E-state index contributed by atoms with van der Waals surface area (Å²) in [6, 6.07) is 11.5. The zero-order valence-corrected chi connectivity index (χ0v) is 15.2. The van der Waals surface area contributed by atoms with Crippen LogP contribution in [0.2, 0.25) is 0 Å². The Hall–Kier alpha value is -2.69. The molecule has 1 atom stereocenters. The third kappa shape index (κ3) is 3.77. The molecule has 4 nitrogen and oxygen atoms in total. The topological polar surface area (TPSA) is 46.6 Å². The second-order valence-corrected chi connectivity index (χ2v) is 7.00. The van der Waals surface area contributed by atoms with Crippen molar-refractivity contribution in [2.24, 2.45) is 5.92 Å². The van der Waals surface area contributed by atoms with Crippen molar-refractivity contribution in [3.05, 3.63) is 59.4 Å². The van der Waals surface area contributed by atoms with E-state index in [9.17, 15) is 14.0 Å². The molecular weight excluding hydrogens is 333 g/mol. The minimum atomic E-state index is -0.534. The number of aryl methyl sites for hydroxylation is 1. The van der Waals surface area contributed by atoms with Gasteiger partial charge in [0, 0.05) is 18.7 Å². The zero-order valence-electron chi connectivity index (χ0n) is 15.2. The molecule has 0 aromatic heterocycles. The summed E-state index contributed by atoms with van der Waals surface area (Å²) in [5.41, 5.74) is 2.56. The fraction of sp³-hybridized carbons (Fsp3) is 0.333. The molecule has 136 valence electrons. The highest BCUT2D eigenvalue weighted by Crippen LogP contribution is 2.30. The summed E-state index contributed by atoms with van der Waals surface area (Å²) >= 11 is 0. The Balaban J connectivity index is 1.75. The first-order valence-corrected chi connectivity index (χ1v) is 8.73. The van der Waals surface area contributed by atoms with Gasteiger partial charge in [-0.15, -0.1) is 0 Å². The molecule has 1 fully saturated rings. The highest BCUT2D eigenvalue weighted by molar-refractivity contribution is 5.99. The van der Waals surface area contributed by atoms with Crippen LogP contribution < -0.4 is 9.64 Å². The third-order valence-electron chi connectivity index (χ3n) is 4.60. The summed E-state index contributed by atoms with van der Waals surface area (Å²) in [6.07, 6.45) is 0.0963. The van der Waals surface area contributed by atoms with Crippen LogP contribution in [0.25, 0.3) is 0 Å². The van der Waals surface area contributed by atoms with Crippen LogP contribution >= 0.6 is 0 Å². The van der Waals surface area contributed by atoms with Crippen LogP contribution in [0.3, 0.4) is 0 Å². The number of amides is 1. The number of esters is 1. The second kappa shape index (κ2) is 7.28. The second-order valence-electron chi connectivity index (χ2n) is 7.00. The van der Waals surface area contributed by atoms with Gasteiger partial charge in [-0.1, -0.05) is 26.0 Å². The zero-order chi connectivity index (χ0) is 18.8. The number of rotatable bonds is 4. The van der Waals surface area contributed by atoms with Gasteiger partial charge in [0.05, 0.1) is 5.92 Å². The van der Waals surface area contributed by atoms with E-state index in [4.69, 9.17) is 4.74 Å². The van der Waals surface area contributed by atoms with E-state index in [1.807, 2.05) is 39.0 Å². The molecule has 1 amide bonds. The minimum absolute atomic E-state index is 0.0963. The van der Waals surface area contributed by atoms with Gasteiger partial charge in [-0.2, -0.15) is 0 Å². The average Bonchev–Trinajstić information content (AvgIpc) is 2.97. The molecule has 0 saturated carbocycles. The van der Waals surface area contributed by atoms with E-state index in [0.717, 1.165) is 11.1 Å². The summed E-state index contributed by atoms with van der Waals surface area (Å²) in [7, 11) is 0. The largest absolute Gasteiger partial charge is 0.426 e. The predicted octanol–water partition coefficient (Wildman–Crippen LogP) is 4.22. The first-order chi connectivity index (χ1) is 12.3. The number of anilines is 1. The van der Waals surface area contributed by atoms with E-state index in [1.165, 1.54) is 17.0 Å². The molecule has 0 aliphatic carbocycles. The van der Waals surface area contributed by atoms with Crippen LogP contribution in [-0.4, -0.2) is 18.4 Å². The molecule has 0 N–H and O–H groups in total. The maximum atomic E-state index is 13.1. The normalized spacial score (nSPS) is 17.0. The van der Waals surface area contributed by atoms with Gasteiger partial charge in [-0.3, -0.25) is 9.59 Å². The summed E-state index contributed by atoms with van der Waals surface area (Å²) in [5, 5.41) is 0. The van der Waals surface area contributed by atoms with Crippen LogP contribution in [0.1, 0.15) is 37.3 Å². The van der Waals surface area contributed by atoms with Crippen LogP contribution in [0, 0.1) is 18.7 Å². The number of carbonyl (C=O) groups is 2. The molecule has 0 spiro atoms. The molecule has 1 aliphatic rings. The van der Waals surface area contributed by atoms with Crippen molar-refractivity contribution in [1.82, 2.24) is 0 Å². The number of hydrogen-bond acceptors (Lipinski definition) is 3. The molecule has 0 radical (unpaired) electrons. The molecule has 0 bridgehead atoms. The van der Waals surface area contributed by atoms with E-state index in [-0.39, 0.29) is 30.6 Å². The Morgan fingerprint density at radius 2 is 1.88 bits per heavy atom. The first-order valence-electron chi connectivity index (χ1n) is 8.73. The quantitative estimate of drug-likeness (QED) is 0.609. The maximum Gasteiger partial charge on any atom is 0.316 e. The molecule has 1 saturated heterocycles. The lowest BCUT2D eigenvalue weighted by molar-refractivity contribution is -0.139. The number of benzene rings is 2. The van der Waals surface area contributed by atoms with E-state index < -0.39 is 11.9 Å². The molecule has 26 heavy (non-hydrogen) atoms. The van der Waals surface area contributed by atoms with Gasteiger partial charge >= 0.3 is 5.97 Å². The van der Waals surface area contributed by atoms with Crippen molar-refractivity contribution >= 4 is 17.6 Å². The molecule has 3 rings (SSSR count). The van der Waals surface area contributed by atoms with Gasteiger partial charge in [0.2, 0.25) is 5.91 Å². The Morgan fingerprint density at radius 1 is 1.19 bits per heavy atom. The van der Waals surface area contributed by atoms with E-state index in [0.29, 0.717) is 11.4 Å². The van der Waals surface area contributed by atoms with Gasteiger partial charge in [0.25, 0.3) is 0 Å². The van der Waals surface area contributed by atoms with Crippen LogP contribution in [0.4, 0.5) is 10.1 Å². The lowest BCUT2D eigenvalue weighted by Gasteiger charge is -2.17. The average molecular weight is 355 g/mol. The van der Waals surface area contributed by atoms with Crippen LogP contribution in [0.15, 0.2) is 42.5 Å². The van der Waals surface area contributed by atoms with Gasteiger partial charge < -0.3 is 9.64 Å². The first kappa shape index (κ1) is 18.1. The van der Waals surface area contributed by atoms with Gasteiger partial charge in [0.1, 0.15) is 11.6 Å². The standard InChI is InChI=1S/C21H22FNO3/c1-13(2)18-9-4-14(3)10-19(18)26-21(25)15-11-20(24)23(12-15)17-7-5-16(22)6-8-17/h4-10,13,15H,11-12H2,1-3H3/t15-/m0/s1. The smallest absolute Gasteiger partial charge is 0.316 e. The van der Waals surface area contributed by atoms with Gasteiger partial charge in [-0.05, 0) is 54.3 Å². The summed E-state index contributed by atoms with van der Waals surface area (Å²) in [6.45, 7) is 6.26. The van der Waals surface area contributed by atoms with E-state index in [2.05, 4.69) is 0 Å². The Morgan fingerprint density at radius 3 is 2.54 bits per heavy atom. The third-order valence-corrected chi connectivity index (χ3v) is 4.60. The lowest BCUT2D eigenvalue weighted by atomic mass is 10.0. The van der Waals surface area contributed by atoms with Gasteiger partial charge in [-0.25, -0.2) is 4.39 Å². The number of hydrogen-bond donors (Lipinski definition) is 0. The SMILES string of the molecule is Cc1ccc(C(C)C)c(OC(=O)[C@H]2CC(=O)N(c3ccc(F)cc3)C2)c1. The van der Waals surface area contributed by atoms with Crippen molar-refractivity contribution in [2.75, 3.05) is 11.4 Å². The van der Waals surface area contributed by atoms with Crippen molar-refractivity contribution in [2.45, 2.75) is 33.1 Å². The van der Waals surface area contributed by atoms with Crippen LogP contribution in [-0.2, 0) is 9.59 Å². The Kier molecular flexibility index (Phi) is 5.07. The van der Waals surface area contributed by atoms with Crippen molar-refractivity contribution < 1.29 is 18.7 Å². The van der Waals surface area contributed by atoms with Crippen molar-refractivity contribution in [3.63, 3.8) is 0 Å². The summed E-state index contributed by atoms with van der Waals surface area (Å²) in [4.78, 5) is 26.4. The number of halogens is 1. The Labute approximate surface area is 152 Å². The fourth-order valence-corrected chi connectivity index (χ4v) is 3.13. The van der Waals surface area contributed by atoms with Crippen LogP contribution in [0.5, 0.6) is 5.75 Å². The summed E-state index contributed by atoms with van der Waals surface area (Å²) in [5.74, 6) is -0.690. The highest BCUT2D eigenvalue weighted by Gasteiger charge is 2.36. The number of carbonyl (C=O) groups excluding carboxylic acids is 2. The molecular formula is C21H22FNO3. The molecule has 0 unspecified atom stereocenters. The van der Waals surface area contributed by atoms with E-state index >= 15 is 0 Å². The minimum Gasteiger partial charge on any atom is -0.426 e. The molecule has 2 aromatic carbocycles. The molecule has 1 heterocycles. The monoisotopic (exact) mass is 355 g/mol. The number of ether oxygens (including phenoxy) is 1. The summed E-state index contributed by atoms with van der Waals surface area (Å²) < 4.78 is 18.7. The molecule has 2 aromatic rings. The maximum absolute atomic E-state index is 13.1. The van der Waals surface area contributed by atoms with Gasteiger partial charge in [0.15, 0.2) is 0 Å². The molecule has 5 heteroatoms. The molecule has 1 aliphatic heterocycles. The van der Waals surface area contributed by atoms with Crippen molar-refractivity contribution in [3.8, 4) is 5.75 Å². The lowest BCUT2D eigenvalue weighted by Crippen LogP contribution is -2.27. The number of nitrogens with zero attached hydrogens (tertiary/aromatic N) is 1. The van der Waals surface area contributed by atoms with E-state index in [1.54, 1.807) is 12.1 Å². The Bertz CT molecular complexity index is 830. The fourth-order valence-electron chi connectivity index (χ4n) is 3.13.